The van der Waals surface area contributed by atoms with Gasteiger partial charge in [-0.3, -0.25) is 4.99 Å². The Kier molecular flexibility index (Phi) is 6.06. The van der Waals surface area contributed by atoms with Crippen LogP contribution in [0.2, 0.25) is 0 Å². The van der Waals surface area contributed by atoms with E-state index in [1.165, 1.54) is 11.6 Å². The van der Waals surface area contributed by atoms with E-state index in [9.17, 15) is 4.39 Å². The number of benzene rings is 1. The van der Waals surface area contributed by atoms with Crippen LogP contribution in [0.3, 0.4) is 0 Å². The van der Waals surface area contributed by atoms with Crippen LogP contribution in [-0.2, 0) is 5.41 Å². The monoisotopic (exact) mass is 411 g/mol. The summed E-state index contributed by atoms with van der Waals surface area (Å²) in [5.41, 5.74) is 1.30. The van der Waals surface area contributed by atoms with Gasteiger partial charge >= 0.3 is 0 Å². The largest absolute Gasteiger partial charge is 0.496 e. The molecule has 0 spiro atoms. The number of aliphatic imine (C=N–C) groups is 1. The summed E-state index contributed by atoms with van der Waals surface area (Å²) in [6, 6.07) is 11.5. The Labute approximate surface area is 177 Å². The Hall–Kier alpha value is -2.83. The van der Waals surface area contributed by atoms with Gasteiger partial charge in [0.1, 0.15) is 5.75 Å². The molecule has 1 saturated heterocycles. The fourth-order valence-corrected chi connectivity index (χ4v) is 4.17. The van der Waals surface area contributed by atoms with Crippen LogP contribution in [0.4, 0.5) is 10.2 Å². The number of hydrogen-bond donors (Lipinski definition) is 2. The molecule has 7 heteroatoms. The number of pyridine rings is 1. The maximum absolute atomic E-state index is 14.1. The fourth-order valence-electron chi connectivity index (χ4n) is 4.17. The highest BCUT2D eigenvalue weighted by molar-refractivity contribution is 5.80. The number of methoxy groups -OCH3 is 1. The highest BCUT2D eigenvalue weighted by atomic mass is 19.1. The van der Waals surface area contributed by atoms with E-state index >= 15 is 0 Å². The Morgan fingerprint density at radius 1 is 1.30 bits per heavy atom. The summed E-state index contributed by atoms with van der Waals surface area (Å²) in [7, 11) is 1.72. The first-order chi connectivity index (χ1) is 14.6. The molecule has 1 aromatic heterocycles. The molecule has 4 rings (SSSR count). The SMILES string of the molecule is CCNC(=NCC1(c2ccccc2OC)CC1)NC1CCN(c2ncccc2F)C1. The molecule has 0 bridgehead atoms. The third-order valence-corrected chi connectivity index (χ3v) is 5.98. The number of rotatable bonds is 7. The van der Waals surface area contributed by atoms with Crippen molar-refractivity contribution in [1.29, 1.82) is 0 Å². The van der Waals surface area contributed by atoms with E-state index in [1.807, 2.05) is 17.0 Å². The molecule has 2 fully saturated rings. The first kappa shape index (κ1) is 20.4. The summed E-state index contributed by atoms with van der Waals surface area (Å²) in [6.45, 7) is 5.05. The Morgan fingerprint density at radius 2 is 2.13 bits per heavy atom. The van der Waals surface area contributed by atoms with Crippen molar-refractivity contribution in [1.82, 2.24) is 15.6 Å². The zero-order valence-corrected chi connectivity index (χ0v) is 17.7. The minimum atomic E-state index is -0.272. The van der Waals surface area contributed by atoms with Gasteiger partial charge < -0.3 is 20.3 Å². The van der Waals surface area contributed by atoms with Crippen molar-refractivity contribution < 1.29 is 9.13 Å². The number of halogens is 1. The second-order valence-electron chi connectivity index (χ2n) is 8.06. The lowest BCUT2D eigenvalue weighted by Crippen LogP contribution is -2.45. The number of para-hydroxylation sites is 1. The van der Waals surface area contributed by atoms with Crippen LogP contribution in [0.25, 0.3) is 0 Å². The molecule has 2 aliphatic rings. The number of nitrogens with zero attached hydrogens (tertiary/aromatic N) is 3. The number of nitrogens with one attached hydrogen (secondary N) is 2. The predicted molar refractivity (Wildman–Crippen MR) is 118 cm³/mol. The van der Waals surface area contributed by atoms with Crippen LogP contribution in [-0.4, -0.2) is 50.3 Å². The third-order valence-electron chi connectivity index (χ3n) is 5.98. The molecule has 1 aliphatic carbocycles. The molecule has 2 aromatic rings. The van der Waals surface area contributed by atoms with Gasteiger partial charge in [-0.15, -0.1) is 0 Å². The van der Waals surface area contributed by atoms with E-state index < -0.39 is 0 Å². The van der Waals surface area contributed by atoms with Crippen LogP contribution in [0.5, 0.6) is 5.75 Å². The standard InChI is InChI=1S/C23H30FN5O/c1-3-25-22(27-16-23(11-12-23)18-7-4-5-9-20(18)30-2)28-17-10-14-29(15-17)21-19(24)8-6-13-26-21/h4-9,13,17H,3,10-12,14-16H2,1-2H3,(H2,25,27,28). The summed E-state index contributed by atoms with van der Waals surface area (Å²) in [5.74, 6) is 1.90. The van der Waals surface area contributed by atoms with Crippen LogP contribution in [0.15, 0.2) is 47.6 Å². The second kappa shape index (κ2) is 8.90. The summed E-state index contributed by atoms with van der Waals surface area (Å²) in [6.07, 6.45) is 4.79. The number of guanidine groups is 1. The fraction of sp³-hybridized carbons (Fsp3) is 0.478. The van der Waals surface area contributed by atoms with E-state index in [2.05, 4.69) is 34.7 Å². The second-order valence-corrected chi connectivity index (χ2v) is 8.06. The van der Waals surface area contributed by atoms with Crippen molar-refractivity contribution in [3.05, 3.63) is 54.0 Å². The van der Waals surface area contributed by atoms with Gasteiger partial charge in [0, 0.05) is 42.9 Å². The quantitative estimate of drug-likeness (QED) is 0.542. The van der Waals surface area contributed by atoms with Gasteiger partial charge in [-0.25, -0.2) is 9.37 Å². The van der Waals surface area contributed by atoms with Gasteiger partial charge in [-0.2, -0.15) is 0 Å². The smallest absolute Gasteiger partial charge is 0.191 e. The van der Waals surface area contributed by atoms with E-state index in [1.54, 1.807) is 19.4 Å². The van der Waals surface area contributed by atoms with Crippen LogP contribution in [0, 0.1) is 5.82 Å². The van der Waals surface area contributed by atoms with Crippen LogP contribution >= 0.6 is 0 Å². The number of aromatic nitrogens is 1. The van der Waals surface area contributed by atoms with Crippen molar-refractivity contribution in [3.63, 3.8) is 0 Å². The summed E-state index contributed by atoms with van der Waals surface area (Å²) in [4.78, 5) is 11.1. The summed E-state index contributed by atoms with van der Waals surface area (Å²) in [5, 5.41) is 6.89. The molecule has 1 aromatic carbocycles. The minimum Gasteiger partial charge on any atom is -0.496 e. The average Bonchev–Trinajstić information content (AvgIpc) is 3.43. The molecule has 1 atom stereocenters. The average molecular weight is 412 g/mol. The predicted octanol–water partition coefficient (Wildman–Crippen LogP) is 3.09. The molecular formula is C23H30FN5O. The van der Waals surface area contributed by atoms with E-state index in [-0.39, 0.29) is 17.3 Å². The molecular weight excluding hydrogens is 381 g/mol. The maximum atomic E-state index is 14.1. The van der Waals surface area contributed by atoms with Gasteiger partial charge in [0.25, 0.3) is 0 Å². The molecule has 0 amide bonds. The molecule has 1 unspecified atom stereocenters. The topological polar surface area (TPSA) is 61.8 Å². The Bertz CT molecular complexity index is 899. The van der Waals surface area contributed by atoms with Gasteiger partial charge in [0.05, 0.1) is 13.7 Å². The lowest BCUT2D eigenvalue weighted by Gasteiger charge is -2.21. The van der Waals surface area contributed by atoms with E-state index in [0.717, 1.165) is 44.1 Å². The molecule has 1 aliphatic heterocycles. The Morgan fingerprint density at radius 3 is 2.87 bits per heavy atom. The van der Waals surface area contributed by atoms with Crippen LogP contribution < -0.4 is 20.3 Å². The van der Waals surface area contributed by atoms with Crippen molar-refractivity contribution in [2.24, 2.45) is 4.99 Å². The van der Waals surface area contributed by atoms with Gasteiger partial charge in [0.15, 0.2) is 17.6 Å². The normalized spacial score (nSPS) is 20.2. The molecule has 30 heavy (non-hydrogen) atoms. The van der Waals surface area contributed by atoms with Gasteiger partial charge in [-0.05, 0) is 44.4 Å². The molecule has 2 N–H and O–H groups in total. The highest BCUT2D eigenvalue weighted by Gasteiger charge is 2.46. The third kappa shape index (κ3) is 4.35. The lowest BCUT2D eigenvalue weighted by atomic mass is 9.95. The van der Waals surface area contributed by atoms with Gasteiger partial charge in [0.2, 0.25) is 0 Å². The first-order valence-electron chi connectivity index (χ1n) is 10.7. The van der Waals surface area contributed by atoms with Crippen molar-refractivity contribution >= 4 is 11.8 Å². The lowest BCUT2D eigenvalue weighted by molar-refractivity contribution is 0.404. The van der Waals surface area contributed by atoms with Crippen molar-refractivity contribution in [3.8, 4) is 5.75 Å². The maximum Gasteiger partial charge on any atom is 0.191 e. The molecule has 0 radical (unpaired) electrons. The van der Waals surface area contributed by atoms with Crippen LogP contribution in [0.1, 0.15) is 31.7 Å². The number of ether oxygens (including phenoxy) is 1. The van der Waals surface area contributed by atoms with E-state index in [4.69, 9.17) is 9.73 Å². The Balaban J connectivity index is 1.42. The van der Waals surface area contributed by atoms with Crippen molar-refractivity contribution in [2.75, 3.05) is 38.2 Å². The number of anilines is 1. The van der Waals surface area contributed by atoms with Gasteiger partial charge in [-0.1, -0.05) is 18.2 Å². The number of hydrogen-bond acceptors (Lipinski definition) is 4. The molecule has 1 saturated carbocycles. The molecule has 160 valence electrons. The minimum absolute atomic E-state index is 0.0632. The first-order valence-corrected chi connectivity index (χ1v) is 10.7. The van der Waals surface area contributed by atoms with Crippen molar-refractivity contribution in [2.45, 2.75) is 37.6 Å². The van der Waals surface area contributed by atoms with E-state index in [0.29, 0.717) is 18.9 Å². The zero-order valence-electron chi connectivity index (χ0n) is 17.7. The summed E-state index contributed by atoms with van der Waals surface area (Å²) >= 11 is 0. The highest BCUT2D eigenvalue weighted by Crippen LogP contribution is 2.51. The summed E-state index contributed by atoms with van der Waals surface area (Å²) < 4.78 is 19.6. The zero-order chi connectivity index (χ0) is 21.0. The molecule has 2 heterocycles. The molecule has 6 nitrogen and oxygen atoms in total.